The molecule has 2 atom stereocenters. The van der Waals surface area contributed by atoms with Gasteiger partial charge in [-0.25, -0.2) is 0 Å². The van der Waals surface area contributed by atoms with Gasteiger partial charge in [-0.3, -0.25) is 0 Å². The highest BCUT2D eigenvalue weighted by molar-refractivity contribution is 6.01. The summed E-state index contributed by atoms with van der Waals surface area (Å²) in [4.78, 5) is 0. The smallest absolute Gasteiger partial charge is 0.119 e. The highest BCUT2D eigenvalue weighted by Crippen LogP contribution is 2.58. The van der Waals surface area contributed by atoms with Gasteiger partial charge in [-0.05, 0) is 94.5 Å². The molecule has 3 aromatic carbocycles. The zero-order valence-corrected chi connectivity index (χ0v) is 17.6. The molecule has 0 bridgehead atoms. The maximum absolute atomic E-state index is 5.63. The summed E-state index contributed by atoms with van der Waals surface area (Å²) in [7, 11) is 3.53. The Kier molecular flexibility index (Phi) is 4.02. The molecule has 0 spiro atoms. The van der Waals surface area contributed by atoms with Crippen LogP contribution in [-0.4, -0.2) is 14.2 Å². The molecule has 3 aliphatic carbocycles. The number of hydrogen-bond acceptors (Lipinski definition) is 2. The predicted molar refractivity (Wildman–Crippen MR) is 121 cm³/mol. The Morgan fingerprint density at radius 1 is 0.633 bits per heavy atom. The lowest BCUT2D eigenvalue weighted by molar-refractivity contribution is 0.414. The molecule has 2 nitrogen and oxygen atoms in total. The normalized spacial score (nSPS) is 21.0. The van der Waals surface area contributed by atoms with E-state index in [1.165, 1.54) is 57.4 Å². The lowest BCUT2D eigenvalue weighted by Gasteiger charge is -2.42. The average Bonchev–Trinajstić information content (AvgIpc) is 2.82. The van der Waals surface area contributed by atoms with Crippen LogP contribution in [0.25, 0.3) is 11.1 Å². The molecule has 0 N–H and O–H groups in total. The fraction of sp³-hybridized carbons (Fsp3) is 0.286. The van der Waals surface area contributed by atoms with E-state index in [0.717, 1.165) is 24.3 Å². The van der Waals surface area contributed by atoms with Crippen molar-refractivity contribution in [1.29, 1.82) is 0 Å². The molecule has 2 heteroatoms. The third-order valence-corrected chi connectivity index (χ3v) is 7.35. The van der Waals surface area contributed by atoms with Crippen molar-refractivity contribution in [2.75, 3.05) is 14.2 Å². The molecule has 0 heterocycles. The van der Waals surface area contributed by atoms with Crippen LogP contribution in [-0.2, 0) is 12.8 Å². The quantitative estimate of drug-likeness (QED) is 0.501. The Labute approximate surface area is 178 Å². The van der Waals surface area contributed by atoms with Gasteiger partial charge in [0.25, 0.3) is 0 Å². The van der Waals surface area contributed by atoms with Crippen LogP contribution < -0.4 is 9.47 Å². The first-order valence-electron chi connectivity index (χ1n) is 11.0. The minimum Gasteiger partial charge on any atom is -0.497 e. The summed E-state index contributed by atoms with van der Waals surface area (Å²) < 4.78 is 11.3. The number of aryl methyl sites for hydroxylation is 2. The average molecular weight is 395 g/mol. The van der Waals surface area contributed by atoms with Crippen LogP contribution in [0.4, 0.5) is 0 Å². The van der Waals surface area contributed by atoms with Gasteiger partial charge < -0.3 is 9.47 Å². The van der Waals surface area contributed by atoms with E-state index in [0.29, 0.717) is 11.8 Å². The topological polar surface area (TPSA) is 18.5 Å². The summed E-state index contributed by atoms with van der Waals surface area (Å²) in [6.45, 7) is 0. The number of allylic oxidation sites excluding steroid dienone is 2. The largest absolute Gasteiger partial charge is 0.497 e. The SMILES string of the molecule is COc1ccc2c(c1)C1=C3c4cc(OC)ccc4CCC3c3ccccc3C1CC2. The Balaban J connectivity index is 1.70. The molecule has 6 rings (SSSR count). The number of hydrogen-bond donors (Lipinski definition) is 0. The van der Waals surface area contributed by atoms with Crippen molar-refractivity contribution in [3.8, 4) is 11.5 Å². The standard InChI is InChI=1S/C28H26O2/c1-29-19-11-7-17-9-13-23-21-5-3-4-6-22(21)24-14-10-18-8-12-20(30-2)16-26(18)28(24)27(23)25(17)15-19/h3-8,11-12,15-16,23-24H,9-10,13-14H2,1-2H3. The van der Waals surface area contributed by atoms with Crippen molar-refractivity contribution in [1.82, 2.24) is 0 Å². The molecule has 2 unspecified atom stereocenters. The summed E-state index contributed by atoms with van der Waals surface area (Å²) in [5.74, 6) is 2.78. The third-order valence-electron chi connectivity index (χ3n) is 7.35. The number of fused-ring (bicyclic) bond motifs is 9. The zero-order chi connectivity index (χ0) is 20.2. The van der Waals surface area contributed by atoms with Gasteiger partial charge in [-0.15, -0.1) is 0 Å². The zero-order valence-electron chi connectivity index (χ0n) is 17.6. The summed E-state index contributed by atoms with van der Waals surface area (Å²) in [6, 6.07) is 22.4. The van der Waals surface area contributed by atoms with Crippen LogP contribution >= 0.6 is 0 Å². The minimum atomic E-state index is 0.448. The molecule has 0 saturated heterocycles. The van der Waals surface area contributed by atoms with E-state index in [1.54, 1.807) is 14.2 Å². The van der Waals surface area contributed by atoms with E-state index in [2.05, 4.69) is 60.7 Å². The van der Waals surface area contributed by atoms with E-state index in [-0.39, 0.29) is 0 Å². The fourth-order valence-corrected chi connectivity index (χ4v) is 6.00. The second kappa shape index (κ2) is 6.77. The molecule has 0 radical (unpaired) electrons. The maximum atomic E-state index is 5.63. The number of rotatable bonds is 2. The Morgan fingerprint density at radius 2 is 1.10 bits per heavy atom. The number of ether oxygens (including phenoxy) is 2. The minimum absolute atomic E-state index is 0.448. The summed E-state index contributed by atoms with van der Waals surface area (Å²) in [5, 5.41) is 0. The number of benzene rings is 3. The highest BCUT2D eigenvalue weighted by Gasteiger charge is 2.40. The molecule has 0 aromatic heterocycles. The molecule has 3 aromatic rings. The molecule has 0 aliphatic heterocycles. The van der Waals surface area contributed by atoms with Gasteiger partial charge in [0.15, 0.2) is 0 Å². The van der Waals surface area contributed by atoms with Crippen molar-refractivity contribution >= 4 is 11.1 Å². The lowest BCUT2D eigenvalue weighted by Crippen LogP contribution is -2.25. The van der Waals surface area contributed by atoms with Crippen LogP contribution in [0.3, 0.4) is 0 Å². The van der Waals surface area contributed by atoms with Crippen molar-refractivity contribution in [2.24, 2.45) is 0 Å². The van der Waals surface area contributed by atoms with Gasteiger partial charge in [-0.1, -0.05) is 36.4 Å². The summed E-state index contributed by atoms with van der Waals surface area (Å²) >= 11 is 0. The Morgan fingerprint density at radius 3 is 1.53 bits per heavy atom. The van der Waals surface area contributed by atoms with Gasteiger partial charge in [0.1, 0.15) is 11.5 Å². The lowest BCUT2D eigenvalue weighted by atomic mass is 9.61. The molecule has 30 heavy (non-hydrogen) atoms. The van der Waals surface area contributed by atoms with E-state index < -0.39 is 0 Å². The molecule has 3 aliphatic rings. The second-order valence-corrected chi connectivity index (χ2v) is 8.68. The first-order chi connectivity index (χ1) is 14.8. The van der Waals surface area contributed by atoms with Crippen molar-refractivity contribution in [2.45, 2.75) is 37.5 Å². The van der Waals surface area contributed by atoms with Crippen molar-refractivity contribution < 1.29 is 9.47 Å². The third kappa shape index (κ3) is 2.49. The van der Waals surface area contributed by atoms with E-state index >= 15 is 0 Å². The van der Waals surface area contributed by atoms with Crippen LogP contribution in [0.5, 0.6) is 11.5 Å². The fourth-order valence-electron chi connectivity index (χ4n) is 6.00. The van der Waals surface area contributed by atoms with Crippen LogP contribution in [0.2, 0.25) is 0 Å². The maximum Gasteiger partial charge on any atom is 0.119 e. The Bertz CT molecular complexity index is 1090. The van der Waals surface area contributed by atoms with Crippen molar-refractivity contribution in [3.63, 3.8) is 0 Å². The Hall–Kier alpha value is -3.00. The molecule has 0 fully saturated rings. The first kappa shape index (κ1) is 17.8. The van der Waals surface area contributed by atoms with Crippen LogP contribution in [0.15, 0.2) is 60.7 Å². The van der Waals surface area contributed by atoms with Gasteiger partial charge >= 0.3 is 0 Å². The van der Waals surface area contributed by atoms with E-state index in [1.807, 2.05) is 0 Å². The summed E-state index contributed by atoms with van der Waals surface area (Å²) in [5.41, 5.74) is 11.8. The second-order valence-electron chi connectivity index (χ2n) is 8.68. The first-order valence-corrected chi connectivity index (χ1v) is 11.0. The van der Waals surface area contributed by atoms with Gasteiger partial charge in [0.05, 0.1) is 14.2 Å². The molecule has 0 amide bonds. The number of methoxy groups -OCH3 is 2. The van der Waals surface area contributed by atoms with Gasteiger partial charge in [-0.2, -0.15) is 0 Å². The molecular weight excluding hydrogens is 368 g/mol. The van der Waals surface area contributed by atoms with Gasteiger partial charge in [0.2, 0.25) is 0 Å². The molecule has 0 saturated carbocycles. The highest BCUT2D eigenvalue weighted by atomic mass is 16.5. The van der Waals surface area contributed by atoms with Gasteiger partial charge in [0, 0.05) is 11.8 Å². The molecule has 150 valence electrons. The predicted octanol–water partition coefficient (Wildman–Crippen LogP) is 6.39. The molecular formula is C28H26O2. The van der Waals surface area contributed by atoms with E-state index in [4.69, 9.17) is 9.47 Å². The summed E-state index contributed by atoms with van der Waals surface area (Å²) in [6.07, 6.45) is 4.57. The monoisotopic (exact) mass is 394 g/mol. The van der Waals surface area contributed by atoms with Crippen molar-refractivity contribution in [3.05, 3.63) is 94.0 Å². The van der Waals surface area contributed by atoms with E-state index in [9.17, 15) is 0 Å². The van der Waals surface area contributed by atoms with Crippen LogP contribution in [0.1, 0.15) is 58.1 Å². The van der Waals surface area contributed by atoms with Crippen LogP contribution in [0, 0.1) is 0 Å².